The lowest BCUT2D eigenvalue weighted by atomic mass is 10.1. The lowest BCUT2D eigenvalue weighted by molar-refractivity contribution is 0.480. The van der Waals surface area contributed by atoms with Crippen LogP contribution in [0.25, 0.3) is 10.8 Å². The summed E-state index contributed by atoms with van der Waals surface area (Å²) >= 11 is 0.611. The van der Waals surface area contributed by atoms with Crippen LogP contribution in [0.1, 0.15) is 0 Å². The Morgan fingerprint density at radius 2 is 1.93 bits per heavy atom. The first-order valence-electron chi connectivity index (χ1n) is 4.04. The average Bonchev–Trinajstić information content (AvgIpc) is 2.19. The van der Waals surface area contributed by atoms with Gasteiger partial charge in [0.05, 0.1) is 0 Å². The van der Waals surface area contributed by atoms with Crippen molar-refractivity contribution in [3.63, 3.8) is 0 Å². The maximum Gasteiger partial charge on any atom is 0.124 e. The van der Waals surface area contributed by atoms with Crippen LogP contribution in [-0.4, -0.2) is 9.66 Å². The Bertz CT molecular complexity index is 485. The van der Waals surface area contributed by atoms with E-state index >= 15 is 0 Å². The van der Waals surface area contributed by atoms with Crippen molar-refractivity contribution >= 4 is 28.5 Å². The number of nitrogen functional groups attached to an aromatic ring is 1. The molecule has 0 radical (unpaired) electrons. The molecule has 0 aliphatic heterocycles. The van der Waals surface area contributed by atoms with Crippen LogP contribution in [0.15, 0.2) is 35.2 Å². The fourth-order valence-corrected chi connectivity index (χ4v) is 1.73. The van der Waals surface area contributed by atoms with Gasteiger partial charge >= 0.3 is 0 Å². The van der Waals surface area contributed by atoms with Gasteiger partial charge < -0.3 is 15.4 Å². The molecule has 3 nitrogen and oxygen atoms in total. The molecule has 2 aromatic rings. The molecular weight excluding hydrogens is 198 g/mol. The summed E-state index contributed by atoms with van der Waals surface area (Å²) in [5, 5.41) is 11.2. The molecule has 0 aromatic heterocycles. The van der Waals surface area contributed by atoms with E-state index in [1.807, 2.05) is 6.07 Å². The molecule has 0 heterocycles. The monoisotopic (exact) mass is 207 g/mol. The first-order chi connectivity index (χ1) is 6.70. The summed E-state index contributed by atoms with van der Waals surface area (Å²) in [7, 11) is 0. The number of phenolic OH excluding ortho intramolecular Hbond substituents is 1. The highest BCUT2D eigenvalue weighted by Gasteiger charge is 2.03. The summed E-state index contributed by atoms with van der Waals surface area (Å²) in [5.41, 5.74) is 6.21. The number of rotatable bonds is 1. The number of fused-ring (bicyclic) bond motifs is 1. The van der Waals surface area contributed by atoms with Crippen molar-refractivity contribution in [2.75, 3.05) is 5.73 Å². The molecule has 14 heavy (non-hydrogen) atoms. The first-order valence-corrected chi connectivity index (χ1v) is 4.82. The third-order valence-electron chi connectivity index (χ3n) is 2.04. The maximum absolute atomic E-state index is 9.63. The normalized spacial score (nSPS) is 10.6. The number of phenols is 1. The molecule has 4 heteroatoms. The Kier molecular flexibility index (Phi) is 2.23. The van der Waals surface area contributed by atoms with Crippen molar-refractivity contribution in [1.82, 2.24) is 0 Å². The number of anilines is 1. The molecule has 0 aliphatic carbocycles. The van der Waals surface area contributed by atoms with Gasteiger partial charge in [-0.05, 0) is 29.7 Å². The SMILES string of the molecule is Nc1ccc2cc(SO)cc(O)c2c1. The lowest BCUT2D eigenvalue weighted by Gasteiger charge is -2.04. The highest BCUT2D eigenvalue weighted by Crippen LogP contribution is 2.31. The Labute approximate surface area is 85.4 Å². The van der Waals surface area contributed by atoms with Crippen molar-refractivity contribution in [2.45, 2.75) is 4.90 Å². The fraction of sp³-hybridized carbons (Fsp3) is 0. The van der Waals surface area contributed by atoms with Crippen LogP contribution >= 0.6 is 12.0 Å². The second-order valence-corrected chi connectivity index (χ2v) is 3.67. The predicted molar refractivity (Wildman–Crippen MR) is 58.5 cm³/mol. The highest BCUT2D eigenvalue weighted by atomic mass is 32.2. The van der Waals surface area contributed by atoms with Crippen LogP contribution in [0.5, 0.6) is 5.75 Å². The van der Waals surface area contributed by atoms with Crippen LogP contribution in [0, 0.1) is 0 Å². The third kappa shape index (κ3) is 1.49. The largest absolute Gasteiger partial charge is 0.507 e. The van der Waals surface area contributed by atoms with E-state index < -0.39 is 0 Å². The summed E-state index contributed by atoms with van der Waals surface area (Å²) in [6.07, 6.45) is 0. The maximum atomic E-state index is 9.63. The van der Waals surface area contributed by atoms with Gasteiger partial charge in [0.1, 0.15) is 5.75 Å². The molecule has 0 bridgehead atoms. The minimum atomic E-state index is 0.131. The molecule has 0 spiro atoms. The van der Waals surface area contributed by atoms with Crippen LogP contribution in [0.4, 0.5) is 5.69 Å². The smallest absolute Gasteiger partial charge is 0.124 e. The summed E-state index contributed by atoms with van der Waals surface area (Å²) in [6.45, 7) is 0. The number of benzene rings is 2. The molecule has 0 amide bonds. The summed E-state index contributed by atoms with van der Waals surface area (Å²) in [5.74, 6) is 0.131. The number of hydrogen-bond donors (Lipinski definition) is 3. The Hall–Kier alpha value is -1.39. The van der Waals surface area contributed by atoms with E-state index in [1.54, 1.807) is 18.2 Å². The molecule has 0 saturated heterocycles. The Balaban J connectivity index is 2.76. The van der Waals surface area contributed by atoms with E-state index in [0.717, 1.165) is 5.39 Å². The van der Waals surface area contributed by atoms with Crippen molar-refractivity contribution in [3.05, 3.63) is 30.3 Å². The standard InChI is InChI=1S/C10H9NO2S/c11-7-2-1-6-3-8(14-13)5-10(12)9(6)4-7/h1-5,12-13H,11H2. The van der Waals surface area contributed by atoms with Gasteiger partial charge in [-0.15, -0.1) is 0 Å². The summed E-state index contributed by atoms with van der Waals surface area (Å²) in [4.78, 5) is 0.611. The molecule has 2 rings (SSSR count). The van der Waals surface area contributed by atoms with Gasteiger partial charge in [-0.3, -0.25) is 0 Å². The van der Waals surface area contributed by atoms with Crippen LogP contribution in [0.3, 0.4) is 0 Å². The zero-order valence-electron chi connectivity index (χ0n) is 7.27. The van der Waals surface area contributed by atoms with Gasteiger partial charge in [-0.2, -0.15) is 0 Å². The van der Waals surface area contributed by atoms with Crippen molar-refractivity contribution in [2.24, 2.45) is 0 Å². The highest BCUT2D eigenvalue weighted by molar-refractivity contribution is 7.93. The minimum absolute atomic E-state index is 0.131. The molecule has 0 aliphatic rings. The lowest BCUT2D eigenvalue weighted by Crippen LogP contribution is -1.84. The van der Waals surface area contributed by atoms with Gasteiger partial charge in [0.15, 0.2) is 0 Å². The average molecular weight is 207 g/mol. The second kappa shape index (κ2) is 3.40. The molecule has 0 saturated carbocycles. The fourth-order valence-electron chi connectivity index (χ4n) is 1.38. The zero-order valence-corrected chi connectivity index (χ0v) is 8.08. The summed E-state index contributed by atoms with van der Waals surface area (Å²) < 4.78 is 8.86. The Morgan fingerprint density at radius 1 is 1.14 bits per heavy atom. The van der Waals surface area contributed by atoms with Crippen molar-refractivity contribution < 1.29 is 9.66 Å². The van der Waals surface area contributed by atoms with E-state index in [-0.39, 0.29) is 5.75 Å². The topological polar surface area (TPSA) is 66.5 Å². The van der Waals surface area contributed by atoms with E-state index in [9.17, 15) is 5.11 Å². The minimum Gasteiger partial charge on any atom is -0.507 e. The predicted octanol–water partition coefficient (Wildman–Crippen LogP) is 2.69. The number of nitrogens with two attached hydrogens (primary N) is 1. The molecule has 72 valence electrons. The van der Waals surface area contributed by atoms with Gasteiger partial charge in [0, 0.05) is 28.0 Å². The molecule has 0 unspecified atom stereocenters. The first kappa shape index (κ1) is 9.18. The molecular formula is C10H9NO2S. The third-order valence-corrected chi connectivity index (χ3v) is 2.48. The van der Waals surface area contributed by atoms with E-state index in [0.29, 0.717) is 28.0 Å². The zero-order chi connectivity index (χ0) is 10.1. The van der Waals surface area contributed by atoms with E-state index in [2.05, 4.69) is 0 Å². The van der Waals surface area contributed by atoms with Crippen LogP contribution in [0.2, 0.25) is 0 Å². The second-order valence-electron chi connectivity index (χ2n) is 3.01. The summed E-state index contributed by atoms with van der Waals surface area (Å²) in [6, 6.07) is 8.57. The number of hydrogen-bond acceptors (Lipinski definition) is 4. The van der Waals surface area contributed by atoms with Gasteiger partial charge in [-0.25, -0.2) is 0 Å². The quantitative estimate of drug-likeness (QED) is 0.497. The van der Waals surface area contributed by atoms with Gasteiger partial charge in [-0.1, -0.05) is 6.07 Å². The molecule has 2 aromatic carbocycles. The number of aromatic hydroxyl groups is 1. The van der Waals surface area contributed by atoms with Gasteiger partial charge in [0.2, 0.25) is 0 Å². The van der Waals surface area contributed by atoms with Crippen LogP contribution in [-0.2, 0) is 0 Å². The van der Waals surface area contributed by atoms with Crippen molar-refractivity contribution in [3.8, 4) is 5.75 Å². The van der Waals surface area contributed by atoms with Gasteiger partial charge in [0.25, 0.3) is 0 Å². The Morgan fingerprint density at radius 3 is 2.64 bits per heavy atom. The molecule has 4 N–H and O–H groups in total. The molecule has 0 atom stereocenters. The van der Waals surface area contributed by atoms with Crippen molar-refractivity contribution in [1.29, 1.82) is 0 Å². The van der Waals surface area contributed by atoms with Crippen LogP contribution < -0.4 is 5.73 Å². The van der Waals surface area contributed by atoms with E-state index in [4.69, 9.17) is 10.3 Å². The molecule has 0 fully saturated rings. The van der Waals surface area contributed by atoms with E-state index in [1.165, 1.54) is 6.07 Å².